The Labute approximate surface area is 177 Å². The SMILES string of the molecule is N#Cc1c(NC(=O)COC(=O)CCC(=O)c2ccc(F)cc2)sc2c1CCCCC2. The molecule has 1 aromatic heterocycles. The van der Waals surface area contributed by atoms with E-state index in [1.807, 2.05) is 0 Å². The van der Waals surface area contributed by atoms with E-state index in [4.69, 9.17) is 4.74 Å². The molecule has 3 rings (SSSR count). The van der Waals surface area contributed by atoms with Gasteiger partial charge in [-0.25, -0.2) is 4.39 Å². The van der Waals surface area contributed by atoms with Crippen LogP contribution in [-0.4, -0.2) is 24.3 Å². The van der Waals surface area contributed by atoms with Crippen molar-refractivity contribution in [2.75, 3.05) is 11.9 Å². The number of Topliss-reactive ketones (excluding diaryl/α,β-unsaturated/α-hetero) is 1. The summed E-state index contributed by atoms with van der Waals surface area (Å²) in [5.41, 5.74) is 1.83. The number of anilines is 1. The minimum absolute atomic E-state index is 0.0949. The van der Waals surface area contributed by atoms with Crippen LogP contribution in [0.25, 0.3) is 0 Å². The molecule has 0 unspecified atom stereocenters. The Morgan fingerprint density at radius 1 is 1.10 bits per heavy atom. The van der Waals surface area contributed by atoms with Crippen LogP contribution in [0.4, 0.5) is 9.39 Å². The van der Waals surface area contributed by atoms with Crippen molar-refractivity contribution in [2.45, 2.75) is 44.9 Å². The normalized spacial score (nSPS) is 12.9. The van der Waals surface area contributed by atoms with Gasteiger partial charge in [0.25, 0.3) is 5.91 Å². The van der Waals surface area contributed by atoms with E-state index < -0.39 is 24.3 Å². The highest BCUT2D eigenvalue weighted by Gasteiger charge is 2.21. The Hall–Kier alpha value is -3.05. The molecule has 1 amide bonds. The number of nitrogens with one attached hydrogen (secondary N) is 1. The highest BCUT2D eigenvalue weighted by Crippen LogP contribution is 2.36. The van der Waals surface area contributed by atoms with Gasteiger partial charge < -0.3 is 10.1 Å². The fourth-order valence-electron chi connectivity index (χ4n) is 3.33. The number of amides is 1. The number of nitriles is 1. The van der Waals surface area contributed by atoms with Crippen molar-refractivity contribution < 1.29 is 23.5 Å². The molecule has 1 N–H and O–H groups in total. The summed E-state index contributed by atoms with van der Waals surface area (Å²) in [6, 6.07) is 7.24. The fraction of sp³-hybridized carbons (Fsp3) is 0.364. The molecule has 0 atom stereocenters. The average Bonchev–Trinajstić information content (AvgIpc) is 2.89. The van der Waals surface area contributed by atoms with Gasteiger partial charge in [0.2, 0.25) is 0 Å². The number of nitrogens with zero attached hydrogens (tertiary/aromatic N) is 1. The Bertz CT molecular complexity index is 992. The summed E-state index contributed by atoms with van der Waals surface area (Å²) in [5, 5.41) is 12.6. The molecule has 1 heterocycles. The number of rotatable bonds is 7. The Balaban J connectivity index is 1.48. The maximum Gasteiger partial charge on any atom is 0.306 e. The predicted molar refractivity (Wildman–Crippen MR) is 110 cm³/mol. The number of thiophene rings is 1. The number of esters is 1. The zero-order valence-corrected chi connectivity index (χ0v) is 17.1. The van der Waals surface area contributed by atoms with Crippen LogP contribution in [0.5, 0.6) is 0 Å². The second kappa shape index (κ2) is 10.1. The minimum Gasteiger partial charge on any atom is -0.456 e. The molecule has 0 spiro atoms. The molecular formula is C22H21FN2O4S. The first kappa shape index (κ1) is 21.7. The van der Waals surface area contributed by atoms with Gasteiger partial charge in [0.05, 0.1) is 12.0 Å². The molecule has 8 heteroatoms. The number of aryl methyl sites for hydroxylation is 1. The summed E-state index contributed by atoms with van der Waals surface area (Å²) in [7, 11) is 0. The van der Waals surface area contributed by atoms with E-state index >= 15 is 0 Å². The third-order valence-corrected chi connectivity index (χ3v) is 6.08. The van der Waals surface area contributed by atoms with Crippen molar-refractivity contribution in [3.05, 3.63) is 51.7 Å². The van der Waals surface area contributed by atoms with Crippen molar-refractivity contribution in [3.63, 3.8) is 0 Å². The summed E-state index contributed by atoms with van der Waals surface area (Å²) in [6.07, 6.45) is 4.69. The van der Waals surface area contributed by atoms with E-state index in [0.717, 1.165) is 42.5 Å². The Morgan fingerprint density at radius 2 is 1.83 bits per heavy atom. The first-order valence-corrected chi connectivity index (χ1v) is 10.6. The van der Waals surface area contributed by atoms with Crippen molar-refractivity contribution in [3.8, 4) is 6.07 Å². The average molecular weight is 428 g/mol. The summed E-state index contributed by atoms with van der Waals surface area (Å²) in [4.78, 5) is 37.1. The van der Waals surface area contributed by atoms with Crippen LogP contribution in [-0.2, 0) is 27.2 Å². The van der Waals surface area contributed by atoms with Crippen molar-refractivity contribution in [1.82, 2.24) is 0 Å². The second-order valence-corrected chi connectivity index (χ2v) is 8.12. The maximum atomic E-state index is 12.9. The van der Waals surface area contributed by atoms with Gasteiger partial charge in [0.1, 0.15) is 16.9 Å². The monoisotopic (exact) mass is 428 g/mol. The van der Waals surface area contributed by atoms with Crippen LogP contribution in [0, 0.1) is 17.1 Å². The topological polar surface area (TPSA) is 96.3 Å². The number of hydrogen-bond donors (Lipinski definition) is 1. The molecule has 6 nitrogen and oxygen atoms in total. The smallest absolute Gasteiger partial charge is 0.306 e. The van der Waals surface area contributed by atoms with Crippen LogP contribution in [0.3, 0.4) is 0 Å². The molecule has 0 radical (unpaired) electrons. The number of carbonyl (C=O) groups excluding carboxylic acids is 3. The van der Waals surface area contributed by atoms with E-state index in [-0.39, 0.29) is 18.6 Å². The molecule has 0 saturated heterocycles. The van der Waals surface area contributed by atoms with E-state index in [0.29, 0.717) is 16.1 Å². The molecule has 0 aliphatic heterocycles. The van der Waals surface area contributed by atoms with Gasteiger partial charge >= 0.3 is 5.97 Å². The fourth-order valence-corrected chi connectivity index (χ4v) is 4.58. The molecule has 0 bridgehead atoms. The lowest BCUT2D eigenvalue weighted by molar-refractivity contribution is -0.147. The lowest BCUT2D eigenvalue weighted by Crippen LogP contribution is -2.21. The highest BCUT2D eigenvalue weighted by atomic mass is 32.1. The number of halogens is 1. The van der Waals surface area contributed by atoms with Gasteiger partial charge in [0, 0.05) is 16.9 Å². The Morgan fingerprint density at radius 3 is 2.57 bits per heavy atom. The van der Waals surface area contributed by atoms with Gasteiger partial charge in [-0.3, -0.25) is 14.4 Å². The van der Waals surface area contributed by atoms with Crippen LogP contribution in [0.15, 0.2) is 24.3 Å². The van der Waals surface area contributed by atoms with Crippen molar-refractivity contribution >= 4 is 34.0 Å². The molecule has 156 valence electrons. The van der Waals surface area contributed by atoms with Crippen molar-refractivity contribution in [1.29, 1.82) is 5.26 Å². The number of fused-ring (bicyclic) bond motifs is 1. The third kappa shape index (κ3) is 5.51. The van der Waals surface area contributed by atoms with Crippen LogP contribution in [0.1, 0.15) is 58.5 Å². The first-order valence-electron chi connectivity index (χ1n) is 9.77. The van der Waals surface area contributed by atoms with Crippen molar-refractivity contribution in [2.24, 2.45) is 0 Å². The molecule has 1 aliphatic rings. The van der Waals surface area contributed by atoms with E-state index in [1.165, 1.54) is 35.6 Å². The summed E-state index contributed by atoms with van der Waals surface area (Å²) < 4.78 is 17.8. The van der Waals surface area contributed by atoms with E-state index in [1.54, 1.807) is 0 Å². The van der Waals surface area contributed by atoms with Crippen LogP contribution >= 0.6 is 11.3 Å². The molecule has 30 heavy (non-hydrogen) atoms. The largest absolute Gasteiger partial charge is 0.456 e. The third-order valence-electron chi connectivity index (χ3n) is 4.87. The summed E-state index contributed by atoms with van der Waals surface area (Å²) in [6.45, 7) is -0.489. The lowest BCUT2D eigenvalue weighted by atomic mass is 10.1. The molecular weight excluding hydrogens is 407 g/mol. The number of benzene rings is 1. The molecule has 1 aromatic carbocycles. The number of ether oxygens (including phenoxy) is 1. The van der Waals surface area contributed by atoms with Crippen LogP contribution < -0.4 is 5.32 Å². The van der Waals surface area contributed by atoms with Gasteiger partial charge in [-0.2, -0.15) is 5.26 Å². The van der Waals surface area contributed by atoms with Gasteiger partial charge in [0.15, 0.2) is 12.4 Å². The number of hydrogen-bond acceptors (Lipinski definition) is 6. The second-order valence-electron chi connectivity index (χ2n) is 7.02. The Kier molecular flexibility index (Phi) is 7.31. The quantitative estimate of drug-likeness (QED) is 0.406. The standard InChI is InChI=1S/C22H21FN2O4S/c23-15-8-6-14(7-9-15)18(26)10-11-21(28)29-13-20(27)25-22-17(12-24)16-4-2-1-3-5-19(16)30-22/h6-9H,1-5,10-11,13H2,(H,25,27). The zero-order chi connectivity index (χ0) is 21.5. The molecule has 2 aromatic rings. The zero-order valence-electron chi connectivity index (χ0n) is 16.3. The maximum absolute atomic E-state index is 12.9. The van der Waals surface area contributed by atoms with E-state index in [2.05, 4.69) is 11.4 Å². The molecule has 0 saturated carbocycles. The van der Waals surface area contributed by atoms with Crippen LogP contribution in [0.2, 0.25) is 0 Å². The number of carbonyl (C=O) groups is 3. The first-order chi connectivity index (χ1) is 14.5. The van der Waals surface area contributed by atoms with Gasteiger partial charge in [-0.15, -0.1) is 11.3 Å². The molecule has 0 fully saturated rings. The summed E-state index contributed by atoms with van der Waals surface area (Å²) in [5.74, 6) is -1.96. The molecule has 1 aliphatic carbocycles. The predicted octanol–water partition coefficient (Wildman–Crippen LogP) is 4.17. The van der Waals surface area contributed by atoms with E-state index in [9.17, 15) is 24.0 Å². The highest BCUT2D eigenvalue weighted by molar-refractivity contribution is 7.16. The van der Waals surface area contributed by atoms with Gasteiger partial charge in [-0.1, -0.05) is 6.42 Å². The summed E-state index contributed by atoms with van der Waals surface area (Å²) >= 11 is 1.41. The minimum atomic E-state index is -0.678. The van der Waals surface area contributed by atoms with Gasteiger partial charge in [-0.05, 0) is 55.5 Å². The lowest BCUT2D eigenvalue weighted by Gasteiger charge is -2.06. The number of ketones is 1.